The molecule has 2 nitrogen and oxygen atoms in total. The van der Waals surface area contributed by atoms with Crippen LogP contribution in [0, 0.1) is 0 Å². The Balaban J connectivity index is 2.38. The zero-order chi connectivity index (χ0) is 28.9. The smallest absolute Gasteiger partial charge is 0.247 e. The molecule has 40 heavy (non-hydrogen) atoms. The highest BCUT2D eigenvalue weighted by Crippen LogP contribution is 2.27. The average molecular weight is 560 g/mol. The van der Waals surface area contributed by atoms with Crippen LogP contribution in [0.15, 0.2) is 12.4 Å². The van der Waals surface area contributed by atoms with Gasteiger partial charge >= 0.3 is 0 Å². The maximum atomic E-state index is 3.73. The Morgan fingerprint density at radius 1 is 0.475 bits per heavy atom. The maximum Gasteiger partial charge on any atom is 0.257 e. The number of nitrogens with zero attached hydrogens (tertiary/aromatic N) is 1. The van der Waals surface area contributed by atoms with Gasteiger partial charge in [-0.25, -0.2) is 9.55 Å². The van der Waals surface area contributed by atoms with Crippen molar-refractivity contribution in [2.75, 3.05) is 0 Å². The van der Waals surface area contributed by atoms with E-state index in [-0.39, 0.29) is 0 Å². The summed E-state index contributed by atoms with van der Waals surface area (Å²) < 4.78 is 2.62. The molecule has 1 aromatic rings. The van der Waals surface area contributed by atoms with Gasteiger partial charge in [-0.15, -0.1) is 0 Å². The lowest BCUT2D eigenvalue weighted by Crippen LogP contribution is -2.41. The Morgan fingerprint density at radius 3 is 1.20 bits per heavy atom. The first-order chi connectivity index (χ1) is 19.7. The SMILES string of the molecule is CCCCCCCCCCCCCCCC(CCCCCCCCCCC)c1[nH]cc[n+]1C(C)CCCCCC. The normalized spacial score (nSPS) is 13.2. The predicted molar refractivity (Wildman–Crippen MR) is 179 cm³/mol. The van der Waals surface area contributed by atoms with Crippen LogP contribution in [0.1, 0.15) is 232 Å². The van der Waals surface area contributed by atoms with Crippen molar-refractivity contribution in [2.24, 2.45) is 0 Å². The van der Waals surface area contributed by atoms with Gasteiger partial charge < -0.3 is 0 Å². The van der Waals surface area contributed by atoms with E-state index in [0.29, 0.717) is 12.0 Å². The molecule has 1 N–H and O–H groups in total. The third-order valence-electron chi connectivity index (χ3n) is 9.39. The molecule has 2 unspecified atom stereocenters. The number of rotatable bonds is 31. The molecule has 0 aromatic carbocycles. The van der Waals surface area contributed by atoms with Gasteiger partial charge in [0, 0.05) is 0 Å². The quantitative estimate of drug-likeness (QED) is 0.0689. The van der Waals surface area contributed by atoms with Gasteiger partial charge in [0.05, 0.1) is 12.0 Å². The molecule has 1 heterocycles. The molecule has 2 atom stereocenters. The van der Waals surface area contributed by atoms with E-state index in [4.69, 9.17) is 0 Å². The van der Waals surface area contributed by atoms with E-state index >= 15 is 0 Å². The fourth-order valence-electron chi connectivity index (χ4n) is 6.60. The van der Waals surface area contributed by atoms with Crippen LogP contribution in [0.2, 0.25) is 0 Å². The van der Waals surface area contributed by atoms with E-state index in [1.807, 2.05) is 0 Å². The molecule has 1 aromatic heterocycles. The lowest BCUT2D eigenvalue weighted by atomic mass is 9.92. The number of hydrogen-bond donors (Lipinski definition) is 1. The van der Waals surface area contributed by atoms with Gasteiger partial charge in [0.1, 0.15) is 12.4 Å². The van der Waals surface area contributed by atoms with Gasteiger partial charge in [0.2, 0.25) is 0 Å². The summed E-state index contributed by atoms with van der Waals surface area (Å²) in [4.78, 5) is 3.73. The van der Waals surface area contributed by atoms with E-state index in [9.17, 15) is 0 Å². The second kappa shape index (κ2) is 28.3. The fraction of sp³-hybridized carbons (Fsp3) is 0.921. The first-order valence-electron chi connectivity index (χ1n) is 18.8. The van der Waals surface area contributed by atoms with E-state index in [1.54, 1.807) is 0 Å². The molecule has 0 fully saturated rings. The predicted octanol–water partition coefficient (Wildman–Crippen LogP) is 13.3. The van der Waals surface area contributed by atoms with Crippen LogP contribution < -0.4 is 4.57 Å². The van der Waals surface area contributed by atoms with Crippen LogP contribution in [0.5, 0.6) is 0 Å². The van der Waals surface area contributed by atoms with Crippen LogP contribution >= 0.6 is 0 Å². The van der Waals surface area contributed by atoms with E-state index in [1.165, 1.54) is 192 Å². The summed E-state index contributed by atoms with van der Waals surface area (Å²) in [5.41, 5.74) is 0. The minimum Gasteiger partial charge on any atom is -0.247 e. The van der Waals surface area contributed by atoms with Crippen LogP contribution in [0.3, 0.4) is 0 Å². The first kappa shape index (κ1) is 37.2. The molecule has 1 rings (SSSR count). The molecule has 236 valence electrons. The van der Waals surface area contributed by atoms with E-state index in [2.05, 4.69) is 49.6 Å². The van der Waals surface area contributed by atoms with E-state index < -0.39 is 0 Å². The molecule has 0 spiro atoms. The minimum atomic E-state index is 0.621. The molecular weight excluding hydrogens is 484 g/mol. The third-order valence-corrected chi connectivity index (χ3v) is 9.39. The molecule has 0 aliphatic rings. The highest BCUT2D eigenvalue weighted by atomic mass is 15.1. The first-order valence-corrected chi connectivity index (χ1v) is 18.8. The molecule has 0 saturated carbocycles. The highest BCUT2D eigenvalue weighted by Gasteiger charge is 2.25. The maximum absolute atomic E-state index is 3.73. The van der Waals surface area contributed by atoms with Crippen LogP contribution in [0.25, 0.3) is 0 Å². The number of aromatic amines is 1. The van der Waals surface area contributed by atoms with Gasteiger partial charge in [-0.05, 0) is 32.6 Å². The van der Waals surface area contributed by atoms with Crippen LogP contribution in [-0.2, 0) is 0 Å². The Morgan fingerprint density at radius 2 is 0.800 bits per heavy atom. The summed E-state index contributed by atoms with van der Waals surface area (Å²) in [6, 6.07) is 0.621. The number of H-pyrrole nitrogens is 1. The summed E-state index contributed by atoms with van der Waals surface area (Å²) in [5.74, 6) is 2.24. The topological polar surface area (TPSA) is 19.7 Å². The highest BCUT2D eigenvalue weighted by molar-refractivity contribution is 4.90. The molecule has 0 aliphatic heterocycles. The third kappa shape index (κ3) is 20.1. The lowest BCUT2D eigenvalue weighted by Gasteiger charge is -2.17. The number of hydrogen-bond acceptors (Lipinski definition) is 0. The standard InChI is InChI=1S/C38H74N2/c1-5-8-11-14-16-18-19-20-21-23-25-27-30-33-37(32-29-26-24-22-17-15-12-9-6-2)38-39-34-35-40(38)36(4)31-28-13-10-7-3/h34-37H,5-33H2,1-4H3/p+1. The van der Waals surface area contributed by atoms with Gasteiger partial charge in [-0.2, -0.15) is 0 Å². The van der Waals surface area contributed by atoms with Crippen molar-refractivity contribution in [3.05, 3.63) is 18.2 Å². The molecule has 0 amide bonds. The molecule has 0 bridgehead atoms. The average Bonchev–Trinajstić information content (AvgIpc) is 3.45. The van der Waals surface area contributed by atoms with Crippen molar-refractivity contribution in [1.29, 1.82) is 0 Å². The Hall–Kier alpha value is -0.790. The zero-order valence-electron chi connectivity index (χ0n) is 28.3. The van der Waals surface area contributed by atoms with Crippen molar-refractivity contribution < 1.29 is 4.57 Å². The summed E-state index contributed by atoms with van der Waals surface area (Å²) in [6.45, 7) is 9.39. The second-order valence-electron chi connectivity index (χ2n) is 13.3. The molecule has 0 saturated heterocycles. The Bertz CT molecular complexity index is 621. The number of nitrogens with one attached hydrogen (secondary N) is 1. The summed E-state index contributed by atoms with van der Waals surface area (Å²) in [6.07, 6.45) is 45.7. The number of aromatic nitrogens is 2. The fourth-order valence-corrected chi connectivity index (χ4v) is 6.60. The van der Waals surface area contributed by atoms with Crippen molar-refractivity contribution in [2.45, 2.75) is 226 Å². The van der Waals surface area contributed by atoms with Crippen molar-refractivity contribution >= 4 is 0 Å². The number of imidazole rings is 1. The summed E-state index contributed by atoms with van der Waals surface area (Å²) in [7, 11) is 0. The largest absolute Gasteiger partial charge is 0.257 e. The van der Waals surface area contributed by atoms with Gasteiger partial charge in [-0.1, -0.05) is 181 Å². The Kier molecular flexibility index (Phi) is 26.4. The molecule has 0 radical (unpaired) electrons. The van der Waals surface area contributed by atoms with Crippen molar-refractivity contribution in [3.63, 3.8) is 0 Å². The molecule has 0 aliphatic carbocycles. The lowest BCUT2D eigenvalue weighted by molar-refractivity contribution is -0.727. The van der Waals surface area contributed by atoms with Gasteiger partial charge in [-0.3, -0.25) is 0 Å². The summed E-state index contributed by atoms with van der Waals surface area (Å²) >= 11 is 0. The zero-order valence-corrected chi connectivity index (χ0v) is 28.3. The second-order valence-corrected chi connectivity index (χ2v) is 13.3. The van der Waals surface area contributed by atoms with Crippen LogP contribution in [-0.4, -0.2) is 4.98 Å². The van der Waals surface area contributed by atoms with Crippen LogP contribution in [0.4, 0.5) is 0 Å². The van der Waals surface area contributed by atoms with Crippen molar-refractivity contribution in [1.82, 2.24) is 4.98 Å². The Labute approximate surface area is 253 Å². The molecular formula is C38H75N2+. The minimum absolute atomic E-state index is 0.621. The van der Waals surface area contributed by atoms with Gasteiger partial charge in [0.15, 0.2) is 0 Å². The monoisotopic (exact) mass is 560 g/mol. The van der Waals surface area contributed by atoms with Gasteiger partial charge in [0.25, 0.3) is 5.82 Å². The van der Waals surface area contributed by atoms with Crippen molar-refractivity contribution in [3.8, 4) is 0 Å². The summed E-state index contributed by atoms with van der Waals surface area (Å²) in [5, 5.41) is 0. The van der Waals surface area contributed by atoms with E-state index in [0.717, 1.165) is 0 Å². The molecule has 2 heteroatoms. The number of unbranched alkanes of at least 4 members (excludes halogenated alkanes) is 23.